The molecule has 1 aliphatic rings. The van der Waals surface area contributed by atoms with Gasteiger partial charge in [-0.05, 0) is 23.8 Å². The van der Waals surface area contributed by atoms with Crippen LogP contribution in [0.15, 0.2) is 65.1 Å². The van der Waals surface area contributed by atoms with Crippen LogP contribution in [0, 0.1) is 10.1 Å². The molecule has 1 aliphatic heterocycles. The van der Waals surface area contributed by atoms with Crippen molar-refractivity contribution in [3.63, 3.8) is 0 Å². The summed E-state index contributed by atoms with van der Waals surface area (Å²) in [4.78, 5) is 10.8. The SMILES string of the molecule is O=[N+]([O-])c1ccccc1-c1ccc(CNCc2ccc(C3OCCO3)cc2)o1. The molecule has 1 N–H and O–H groups in total. The third-order valence-electron chi connectivity index (χ3n) is 4.53. The van der Waals surface area contributed by atoms with Gasteiger partial charge in [0.15, 0.2) is 6.29 Å². The molecular formula is C21H20N2O5. The van der Waals surface area contributed by atoms with E-state index in [0.717, 1.165) is 16.9 Å². The van der Waals surface area contributed by atoms with Crippen LogP contribution in [0.5, 0.6) is 0 Å². The average molecular weight is 380 g/mol. The van der Waals surface area contributed by atoms with Crippen LogP contribution < -0.4 is 5.32 Å². The Hall–Kier alpha value is -3.00. The topological polar surface area (TPSA) is 86.8 Å². The van der Waals surface area contributed by atoms with Gasteiger partial charge in [0.1, 0.15) is 11.5 Å². The Morgan fingerprint density at radius 1 is 0.964 bits per heavy atom. The van der Waals surface area contributed by atoms with Gasteiger partial charge in [0.05, 0.1) is 30.2 Å². The third-order valence-corrected chi connectivity index (χ3v) is 4.53. The van der Waals surface area contributed by atoms with Crippen molar-refractivity contribution in [1.82, 2.24) is 5.32 Å². The maximum absolute atomic E-state index is 11.2. The van der Waals surface area contributed by atoms with Gasteiger partial charge in [0, 0.05) is 18.2 Å². The first-order valence-electron chi connectivity index (χ1n) is 9.06. The number of ether oxygens (including phenoxy) is 2. The van der Waals surface area contributed by atoms with Crippen LogP contribution in [0.1, 0.15) is 23.2 Å². The summed E-state index contributed by atoms with van der Waals surface area (Å²) in [5.74, 6) is 1.21. The highest BCUT2D eigenvalue weighted by atomic mass is 16.7. The van der Waals surface area contributed by atoms with E-state index in [-0.39, 0.29) is 12.0 Å². The maximum Gasteiger partial charge on any atom is 0.280 e. The fraction of sp³-hybridized carbons (Fsp3) is 0.238. The van der Waals surface area contributed by atoms with Crippen LogP contribution in [0.3, 0.4) is 0 Å². The molecular weight excluding hydrogens is 360 g/mol. The minimum atomic E-state index is -0.402. The lowest BCUT2D eigenvalue weighted by Gasteiger charge is -2.10. The van der Waals surface area contributed by atoms with E-state index in [1.165, 1.54) is 6.07 Å². The van der Waals surface area contributed by atoms with Crippen molar-refractivity contribution >= 4 is 5.69 Å². The van der Waals surface area contributed by atoms with E-state index in [4.69, 9.17) is 13.9 Å². The fourth-order valence-electron chi connectivity index (χ4n) is 3.13. The number of nitrogens with zero attached hydrogens (tertiary/aromatic N) is 1. The van der Waals surface area contributed by atoms with Crippen LogP contribution in [-0.4, -0.2) is 18.1 Å². The summed E-state index contributed by atoms with van der Waals surface area (Å²) in [5.41, 5.74) is 2.66. The molecule has 0 bridgehead atoms. The van der Waals surface area contributed by atoms with Crippen LogP contribution in [0.25, 0.3) is 11.3 Å². The number of rotatable bonds is 7. The zero-order valence-corrected chi connectivity index (χ0v) is 15.2. The Morgan fingerprint density at radius 2 is 1.71 bits per heavy atom. The second kappa shape index (κ2) is 8.35. The van der Waals surface area contributed by atoms with Gasteiger partial charge in [-0.15, -0.1) is 0 Å². The molecule has 3 aromatic rings. The molecule has 0 spiro atoms. The van der Waals surface area contributed by atoms with Crippen molar-refractivity contribution in [1.29, 1.82) is 0 Å². The van der Waals surface area contributed by atoms with Crippen LogP contribution in [0.2, 0.25) is 0 Å². The van der Waals surface area contributed by atoms with E-state index in [1.807, 2.05) is 30.3 Å². The van der Waals surface area contributed by atoms with Crippen molar-refractivity contribution in [3.8, 4) is 11.3 Å². The maximum atomic E-state index is 11.2. The van der Waals surface area contributed by atoms with Crippen molar-refractivity contribution in [2.75, 3.05) is 13.2 Å². The first kappa shape index (κ1) is 18.4. The van der Waals surface area contributed by atoms with Crippen LogP contribution >= 0.6 is 0 Å². The summed E-state index contributed by atoms with van der Waals surface area (Å²) >= 11 is 0. The fourth-order valence-corrected chi connectivity index (χ4v) is 3.13. The van der Waals surface area contributed by atoms with Crippen molar-refractivity contribution in [3.05, 3.63) is 87.7 Å². The molecule has 0 aliphatic carbocycles. The zero-order chi connectivity index (χ0) is 19.3. The monoisotopic (exact) mass is 380 g/mol. The molecule has 2 aromatic carbocycles. The summed E-state index contributed by atoms with van der Waals surface area (Å²) in [6.07, 6.45) is -0.259. The van der Waals surface area contributed by atoms with Gasteiger partial charge < -0.3 is 19.2 Å². The summed E-state index contributed by atoms with van der Waals surface area (Å²) in [5, 5.41) is 14.5. The molecule has 0 radical (unpaired) electrons. The molecule has 28 heavy (non-hydrogen) atoms. The molecule has 2 heterocycles. The van der Waals surface area contributed by atoms with Gasteiger partial charge in [-0.1, -0.05) is 36.4 Å². The van der Waals surface area contributed by atoms with E-state index in [2.05, 4.69) is 5.32 Å². The molecule has 1 aromatic heterocycles. The number of furan rings is 1. The van der Waals surface area contributed by atoms with Gasteiger partial charge >= 0.3 is 0 Å². The Bertz CT molecular complexity index is 945. The van der Waals surface area contributed by atoms with Crippen molar-refractivity contribution in [2.45, 2.75) is 19.4 Å². The van der Waals surface area contributed by atoms with Crippen molar-refractivity contribution in [2.24, 2.45) is 0 Å². The number of para-hydroxylation sites is 1. The van der Waals surface area contributed by atoms with E-state index in [9.17, 15) is 10.1 Å². The summed E-state index contributed by atoms with van der Waals surface area (Å²) in [6, 6.07) is 18.2. The summed E-state index contributed by atoms with van der Waals surface area (Å²) < 4.78 is 16.8. The number of nitro groups is 1. The highest BCUT2D eigenvalue weighted by molar-refractivity contribution is 5.69. The molecule has 1 saturated heterocycles. The Kier molecular flexibility index (Phi) is 5.48. The predicted octanol–water partition coefficient (Wildman–Crippen LogP) is 4.19. The standard InChI is InChI=1S/C21H20N2O5/c24-23(25)19-4-2-1-3-18(19)20-10-9-17(28-20)14-22-13-15-5-7-16(8-6-15)21-26-11-12-27-21/h1-10,21-22H,11-14H2. The molecule has 0 amide bonds. The predicted molar refractivity (Wildman–Crippen MR) is 102 cm³/mol. The molecule has 0 saturated carbocycles. The molecule has 144 valence electrons. The second-order valence-corrected chi connectivity index (χ2v) is 6.46. The first-order valence-corrected chi connectivity index (χ1v) is 9.06. The van der Waals surface area contributed by atoms with Gasteiger partial charge in [-0.2, -0.15) is 0 Å². The van der Waals surface area contributed by atoms with Crippen molar-refractivity contribution < 1.29 is 18.8 Å². The van der Waals surface area contributed by atoms with E-state index < -0.39 is 4.92 Å². The number of hydrogen-bond donors (Lipinski definition) is 1. The molecule has 0 atom stereocenters. The molecule has 1 fully saturated rings. The number of benzene rings is 2. The van der Waals surface area contributed by atoms with E-state index in [0.29, 0.717) is 37.6 Å². The summed E-state index contributed by atoms with van der Waals surface area (Å²) in [7, 11) is 0. The Labute approximate surface area is 162 Å². The highest BCUT2D eigenvalue weighted by Crippen LogP contribution is 2.30. The smallest absolute Gasteiger partial charge is 0.280 e. The first-order chi connectivity index (χ1) is 13.7. The Morgan fingerprint density at radius 3 is 2.46 bits per heavy atom. The lowest BCUT2D eigenvalue weighted by Crippen LogP contribution is -2.12. The van der Waals surface area contributed by atoms with Gasteiger partial charge in [-0.3, -0.25) is 10.1 Å². The molecule has 7 heteroatoms. The Balaban J connectivity index is 1.34. The molecule has 7 nitrogen and oxygen atoms in total. The van der Waals surface area contributed by atoms with Crippen LogP contribution in [-0.2, 0) is 22.6 Å². The number of nitrogens with one attached hydrogen (secondary N) is 1. The normalized spacial score (nSPS) is 14.4. The highest BCUT2D eigenvalue weighted by Gasteiger charge is 2.18. The van der Waals surface area contributed by atoms with Gasteiger partial charge in [0.2, 0.25) is 0 Å². The lowest BCUT2D eigenvalue weighted by atomic mass is 10.1. The minimum Gasteiger partial charge on any atom is -0.459 e. The van der Waals surface area contributed by atoms with E-state index >= 15 is 0 Å². The third kappa shape index (κ3) is 4.12. The van der Waals surface area contributed by atoms with Gasteiger partial charge in [-0.25, -0.2) is 0 Å². The quantitative estimate of drug-likeness (QED) is 0.488. The van der Waals surface area contributed by atoms with E-state index in [1.54, 1.807) is 24.3 Å². The van der Waals surface area contributed by atoms with Crippen LogP contribution in [0.4, 0.5) is 5.69 Å². The zero-order valence-electron chi connectivity index (χ0n) is 15.2. The average Bonchev–Trinajstić information content (AvgIpc) is 3.41. The second-order valence-electron chi connectivity index (χ2n) is 6.46. The number of hydrogen-bond acceptors (Lipinski definition) is 6. The lowest BCUT2D eigenvalue weighted by molar-refractivity contribution is -0.384. The molecule has 0 unspecified atom stereocenters. The largest absolute Gasteiger partial charge is 0.459 e. The minimum absolute atomic E-state index is 0.0340. The summed E-state index contributed by atoms with van der Waals surface area (Å²) in [6.45, 7) is 2.46. The number of nitro benzene ring substituents is 1. The molecule has 4 rings (SSSR count). The van der Waals surface area contributed by atoms with Gasteiger partial charge in [0.25, 0.3) is 5.69 Å².